The van der Waals surface area contributed by atoms with Gasteiger partial charge in [0.05, 0.1) is 4.92 Å². The molecular formula is C7H8NO2. The van der Waals surface area contributed by atoms with Gasteiger partial charge in [-0.2, -0.15) is 0 Å². The van der Waals surface area contributed by atoms with Crippen LogP contribution < -0.4 is 0 Å². The van der Waals surface area contributed by atoms with Crippen LogP contribution in [0.5, 0.6) is 0 Å². The van der Waals surface area contributed by atoms with Gasteiger partial charge in [-0.25, -0.2) is 0 Å². The summed E-state index contributed by atoms with van der Waals surface area (Å²) in [5, 5.41) is 10.2. The fourth-order valence-corrected chi connectivity index (χ4v) is 0.768. The highest BCUT2D eigenvalue weighted by molar-refractivity contribution is 5.38. The predicted molar refractivity (Wildman–Crippen MR) is 38.9 cm³/mol. The molecule has 0 atom stereocenters. The van der Waals surface area contributed by atoms with Gasteiger partial charge < -0.3 is 0 Å². The van der Waals surface area contributed by atoms with Crippen LogP contribution in [0.3, 0.4) is 0 Å². The van der Waals surface area contributed by atoms with Gasteiger partial charge in [-0.1, -0.05) is 18.2 Å². The van der Waals surface area contributed by atoms with Crippen molar-refractivity contribution in [3.8, 4) is 0 Å². The lowest BCUT2D eigenvalue weighted by atomic mass is 10.2. The summed E-state index contributed by atoms with van der Waals surface area (Å²) in [4.78, 5) is 9.85. The van der Waals surface area contributed by atoms with E-state index in [1.54, 1.807) is 25.1 Å². The zero-order valence-corrected chi connectivity index (χ0v) is 5.57. The number of nitrogens with zero attached hydrogens (tertiary/aromatic N) is 1. The molecule has 1 aromatic carbocycles. The molecule has 0 fully saturated rings. The molecular weight excluding hydrogens is 130 g/mol. The first kappa shape index (κ1) is 6.74. The van der Waals surface area contributed by atoms with Gasteiger partial charge in [-0.05, 0) is 6.92 Å². The monoisotopic (exact) mass is 138 g/mol. The molecule has 1 radical (unpaired) electrons. The Bertz CT molecular complexity index is 262. The quantitative estimate of drug-likeness (QED) is 0.440. The van der Waals surface area contributed by atoms with Crippen LogP contribution >= 0.6 is 0 Å². The van der Waals surface area contributed by atoms with Crippen molar-refractivity contribution in [1.82, 2.24) is 0 Å². The molecule has 10 heavy (non-hydrogen) atoms. The lowest BCUT2D eigenvalue weighted by Gasteiger charge is -1.92. The van der Waals surface area contributed by atoms with E-state index in [4.69, 9.17) is 0 Å². The molecule has 53 valence electrons. The molecule has 0 N–H and O–H groups in total. The first-order valence-electron chi connectivity index (χ1n) is 2.92. The summed E-state index contributed by atoms with van der Waals surface area (Å²) in [5.41, 5.74) is 0.884. The average molecular weight is 138 g/mol. The highest BCUT2D eigenvalue weighted by Crippen LogP contribution is 2.14. The van der Waals surface area contributed by atoms with Crippen LogP contribution in [0.4, 0.5) is 5.69 Å². The van der Waals surface area contributed by atoms with E-state index in [0.717, 1.165) is 0 Å². The number of aryl methyl sites for hydroxylation is 1. The third-order valence-corrected chi connectivity index (χ3v) is 1.31. The Morgan fingerprint density at radius 3 is 2.50 bits per heavy atom. The van der Waals surface area contributed by atoms with Crippen molar-refractivity contribution in [3.63, 3.8) is 0 Å². The van der Waals surface area contributed by atoms with Gasteiger partial charge in [-0.3, -0.25) is 10.1 Å². The van der Waals surface area contributed by atoms with Crippen LogP contribution in [0.1, 0.15) is 6.99 Å². The summed E-state index contributed by atoms with van der Waals surface area (Å²) in [6.45, 7) is 1.72. The fourth-order valence-electron chi connectivity index (χ4n) is 0.768. The number of hydrogen-bond donors (Lipinski definition) is 0. The zero-order chi connectivity index (χ0) is 7.56. The standard InChI is InChI=1S/C7H7NO2.H/c1-6-4-2-3-5-7(6)8(9)10;/h2-5H,1H3;. The fraction of sp³-hybridized carbons (Fsp3) is 0.143. The van der Waals surface area contributed by atoms with E-state index in [2.05, 4.69) is 0 Å². The van der Waals surface area contributed by atoms with Crippen molar-refractivity contribution >= 4 is 5.69 Å². The predicted octanol–water partition coefficient (Wildman–Crippen LogP) is 2.02. The van der Waals surface area contributed by atoms with Gasteiger partial charge >= 0.3 is 0 Å². The van der Waals surface area contributed by atoms with Gasteiger partial charge in [0, 0.05) is 13.1 Å². The topological polar surface area (TPSA) is 43.1 Å². The van der Waals surface area contributed by atoms with Crippen molar-refractivity contribution in [2.45, 2.75) is 6.92 Å². The van der Waals surface area contributed by atoms with E-state index in [0.29, 0.717) is 5.56 Å². The minimum absolute atomic E-state index is 0. The van der Waals surface area contributed by atoms with Gasteiger partial charge in [0.1, 0.15) is 0 Å². The number of para-hydroxylation sites is 1. The van der Waals surface area contributed by atoms with Crippen LogP contribution in [0, 0.1) is 17.0 Å². The van der Waals surface area contributed by atoms with Gasteiger partial charge in [0.2, 0.25) is 0 Å². The smallest absolute Gasteiger partial charge is 0.258 e. The van der Waals surface area contributed by atoms with E-state index >= 15 is 0 Å². The van der Waals surface area contributed by atoms with Gasteiger partial charge in [0.25, 0.3) is 5.69 Å². The SMILES string of the molecule is Cc1ccccc1[N+](=O)[O-].[H]. The summed E-state index contributed by atoms with van der Waals surface area (Å²) in [6, 6.07) is 6.65. The number of benzene rings is 1. The third kappa shape index (κ3) is 1.13. The lowest BCUT2D eigenvalue weighted by molar-refractivity contribution is -0.385. The second kappa shape index (κ2) is 2.47. The highest BCUT2D eigenvalue weighted by Gasteiger charge is 2.05. The maximum atomic E-state index is 10.2. The lowest BCUT2D eigenvalue weighted by Crippen LogP contribution is -1.89. The first-order chi connectivity index (χ1) is 4.72. The minimum atomic E-state index is -0.380. The largest absolute Gasteiger partial charge is 0.272 e. The molecule has 3 nitrogen and oxygen atoms in total. The highest BCUT2D eigenvalue weighted by atomic mass is 16.6. The molecule has 0 saturated heterocycles. The minimum Gasteiger partial charge on any atom is -0.258 e. The molecule has 1 rings (SSSR count). The van der Waals surface area contributed by atoms with Gasteiger partial charge in [0.15, 0.2) is 0 Å². The van der Waals surface area contributed by atoms with Crippen molar-refractivity contribution < 1.29 is 6.35 Å². The maximum Gasteiger partial charge on any atom is 0.272 e. The van der Waals surface area contributed by atoms with Crippen LogP contribution in [0.2, 0.25) is 0 Å². The van der Waals surface area contributed by atoms with Crippen molar-refractivity contribution in [1.29, 1.82) is 0 Å². The molecule has 0 unspecified atom stereocenters. The average Bonchev–Trinajstić information content (AvgIpc) is 1.88. The Labute approximate surface area is 59.9 Å². The van der Waals surface area contributed by atoms with Crippen LogP contribution in [-0.2, 0) is 0 Å². The Kier molecular flexibility index (Phi) is 1.67. The van der Waals surface area contributed by atoms with E-state index in [9.17, 15) is 10.1 Å². The summed E-state index contributed by atoms with van der Waals surface area (Å²) in [6.07, 6.45) is 0. The third-order valence-electron chi connectivity index (χ3n) is 1.31. The molecule has 3 heteroatoms. The Balaban J connectivity index is 0.000001000. The number of hydrogen-bond acceptors (Lipinski definition) is 2. The van der Waals surface area contributed by atoms with Crippen molar-refractivity contribution in [3.05, 3.63) is 39.9 Å². The Hall–Kier alpha value is -1.38. The molecule has 0 amide bonds. The molecule has 0 aliphatic carbocycles. The Morgan fingerprint density at radius 1 is 1.50 bits per heavy atom. The number of nitro benzene ring substituents is 1. The van der Waals surface area contributed by atoms with Crippen LogP contribution in [0.25, 0.3) is 0 Å². The van der Waals surface area contributed by atoms with Crippen molar-refractivity contribution in [2.24, 2.45) is 0 Å². The molecule has 0 aromatic heterocycles. The number of rotatable bonds is 1. The van der Waals surface area contributed by atoms with E-state index in [-0.39, 0.29) is 12.0 Å². The summed E-state index contributed by atoms with van der Waals surface area (Å²) in [5.74, 6) is 0. The summed E-state index contributed by atoms with van der Waals surface area (Å²) >= 11 is 0. The first-order valence-corrected chi connectivity index (χ1v) is 2.92. The molecule has 0 heterocycles. The zero-order valence-electron chi connectivity index (χ0n) is 6.57. The molecule has 0 spiro atoms. The molecule has 0 saturated carbocycles. The molecule has 0 aliphatic rings. The van der Waals surface area contributed by atoms with Crippen LogP contribution in [0.15, 0.2) is 24.3 Å². The Morgan fingerprint density at radius 2 is 2.10 bits per heavy atom. The second-order valence-corrected chi connectivity index (χ2v) is 2.04. The van der Waals surface area contributed by atoms with E-state index in [1.165, 1.54) is 6.07 Å². The second-order valence-electron chi connectivity index (χ2n) is 2.04. The van der Waals surface area contributed by atoms with E-state index < -0.39 is 0 Å². The maximum absolute atomic E-state index is 10.2. The van der Waals surface area contributed by atoms with Crippen molar-refractivity contribution in [2.75, 3.05) is 0 Å². The van der Waals surface area contributed by atoms with Crippen LogP contribution in [-0.4, -0.2) is 4.92 Å². The van der Waals surface area contributed by atoms with Gasteiger partial charge in [-0.15, -0.1) is 0 Å². The molecule has 0 aliphatic heterocycles. The summed E-state index contributed by atoms with van der Waals surface area (Å²) in [7, 11) is 0. The molecule has 0 bridgehead atoms. The number of nitro groups is 1. The summed E-state index contributed by atoms with van der Waals surface area (Å²) < 4.78 is 0. The van der Waals surface area contributed by atoms with E-state index in [1.807, 2.05) is 0 Å². The molecule has 1 aromatic rings. The normalized spacial score (nSPS) is 9.30.